The lowest BCUT2D eigenvalue weighted by atomic mass is 10.0. The Morgan fingerprint density at radius 1 is 0.455 bits per heavy atom. The molecule has 0 aromatic rings. The van der Waals surface area contributed by atoms with Crippen LogP contribution >= 0.6 is 7.82 Å². The summed E-state index contributed by atoms with van der Waals surface area (Å²) < 4.78 is 33.6. The van der Waals surface area contributed by atoms with E-state index in [4.69, 9.17) is 23.6 Å². The molecule has 0 saturated heterocycles. The number of carbonyl (C=O) groups is 1. The zero-order valence-corrected chi connectivity index (χ0v) is 44.6. The molecular weight excluding hydrogens is 848 g/mol. The third kappa shape index (κ3) is 52.6. The van der Waals surface area contributed by atoms with Crippen molar-refractivity contribution < 1.29 is 43.0 Å². The van der Waals surface area contributed by atoms with Crippen LogP contribution < -0.4 is 0 Å². The van der Waals surface area contributed by atoms with Crippen LogP contribution in [0, 0.1) is 0 Å². The lowest BCUT2D eigenvalue weighted by Gasteiger charge is -2.20. The van der Waals surface area contributed by atoms with Gasteiger partial charge in [-0.05, 0) is 38.5 Å². The maximum absolute atomic E-state index is 12.7. The maximum Gasteiger partial charge on any atom is 0.472 e. The molecule has 0 bridgehead atoms. The lowest BCUT2D eigenvalue weighted by molar-refractivity contribution is -0.154. The average molecular weight is 959 g/mol. The summed E-state index contributed by atoms with van der Waals surface area (Å²) in [4.78, 5) is 22.8. The molecule has 0 fully saturated rings. The van der Waals surface area contributed by atoms with Gasteiger partial charge in [0.25, 0.3) is 0 Å². The van der Waals surface area contributed by atoms with Crippen LogP contribution in [0.4, 0.5) is 0 Å². The van der Waals surface area contributed by atoms with Crippen LogP contribution in [0.3, 0.4) is 0 Å². The third-order valence-corrected chi connectivity index (χ3v) is 13.9. The molecule has 9 nitrogen and oxygen atoms in total. The number of phosphoric acid groups is 1. The normalized spacial score (nSPS) is 13.7. The van der Waals surface area contributed by atoms with Crippen molar-refractivity contribution in [1.82, 2.24) is 0 Å². The second kappa shape index (κ2) is 53.5. The van der Waals surface area contributed by atoms with Gasteiger partial charge in [-0.15, -0.1) is 0 Å². The molecule has 3 unspecified atom stereocenters. The predicted octanol–water partition coefficient (Wildman–Crippen LogP) is 17.2. The Bertz CT molecular complexity index is 1040. The van der Waals surface area contributed by atoms with Gasteiger partial charge in [-0.1, -0.05) is 264 Å². The highest BCUT2D eigenvalue weighted by Gasteiger charge is 2.26. The molecule has 0 radical (unpaired) electrons. The number of aliphatic hydroxyl groups excluding tert-OH is 2. The minimum atomic E-state index is -4.52. The number of phosphoric ester groups is 1. The van der Waals surface area contributed by atoms with Crippen LogP contribution in [0.25, 0.3) is 0 Å². The number of esters is 1. The molecule has 394 valence electrons. The van der Waals surface area contributed by atoms with Gasteiger partial charge >= 0.3 is 13.8 Å². The van der Waals surface area contributed by atoms with Gasteiger partial charge in [0.1, 0.15) is 12.2 Å². The molecule has 0 aliphatic rings. The molecule has 0 rings (SSSR count). The number of rotatable bonds is 56. The van der Waals surface area contributed by atoms with Crippen molar-refractivity contribution in [2.45, 2.75) is 309 Å². The van der Waals surface area contributed by atoms with Gasteiger partial charge < -0.3 is 24.6 Å². The highest BCUT2D eigenvalue weighted by Crippen LogP contribution is 2.43. The fraction of sp³-hybridized carbons (Fsp3) is 0.946. The Morgan fingerprint density at radius 3 is 1.14 bits per heavy atom. The Hall–Kier alpha value is -0.800. The number of hydrogen-bond donors (Lipinski definition) is 3. The monoisotopic (exact) mass is 959 g/mol. The van der Waals surface area contributed by atoms with Crippen molar-refractivity contribution in [3.05, 3.63) is 12.2 Å². The second-order valence-corrected chi connectivity index (χ2v) is 21.1. The third-order valence-electron chi connectivity index (χ3n) is 13.0. The van der Waals surface area contributed by atoms with E-state index in [9.17, 15) is 19.4 Å². The average Bonchev–Trinajstić information content (AvgIpc) is 3.31. The highest BCUT2D eigenvalue weighted by atomic mass is 31.2. The van der Waals surface area contributed by atoms with Crippen molar-refractivity contribution in [2.24, 2.45) is 0 Å². The Kier molecular flexibility index (Phi) is 52.9. The summed E-state index contributed by atoms with van der Waals surface area (Å²) >= 11 is 0. The van der Waals surface area contributed by atoms with E-state index < -0.39 is 33.2 Å². The number of hydrogen-bond acceptors (Lipinski definition) is 8. The summed E-state index contributed by atoms with van der Waals surface area (Å²) in [7, 11) is -4.52. The van der Waals surface area contributed by atoms with Crippen molar-refractivity contribution in [3.63, 3.8) is 0 Å². The smallest absolute Gasteiger partial charge is 0.457 e. The molecule has 0 saturated carbocycles. The Morgan fingerprint density at radius 2 is 0.773 bits per heavy atom. The SMILES string of the molecule is CCCCCCCCCC/C=C\CCCCCCCCCCCCCCOCC(COP(=O)(O)OCC(O)CO)OC(=O)CCCCCCCCCCCCCCCCCCCCCCC. The highest BCUT2D eigenvalue weighted by molar-refractivity contribution is 7.47. The topological polar surface area (TPSA) is 132 Å². The van der Waals surface area contributed by atoms with Crippen LogP contribution in [0.1, 0.15) is 296 Å². The first-order valence-electron chi connectivity index (χ1n) is 28.7. The van der Waals surface area contributed by atoms with E-state index in [0.29, 0.717) is 6.61 Å². The first-order chi connectivity index (χ1) is 32.3. The first-order valence-corrected chi connectivity index (χ1v) is 30.2. The predicted molar refractivity (Wildman–Crippen MR) is 279 cm³/mol. The van der Waals surface area contributed by atoms with E-state index in [-0.39, 0.29) is 25.6 Å². The van der Waals surface area contributed by atoms with E-state index in [0.717, 1.165) is 32.1 Å². The zero-order valence-electron chi connectivity index (χ0n) is 43.7. The minimum absolute atomic E-state index is 0.0559. The van der Waals surface area contributed by atoms with E-state index in [1.807, 2.05) is 0 Å². The quantitative estimate of drug-likeness (QED) is 0.0236. The standard InChI is InChI=1S/C56H111O9P/c1-3-5-7-9-11-13-15-17-19-21-23-25-26-27-29-31-33-35-37-39-41-43-45-47-49-62-52-55(53-64-66(60,61)63-51-54(58)50-57)65-56(59)48-46-44-42-40-38-36-34-32-30-28-24-22-20-18-16-14-12-10-8-6-4-2/h21,23,54-55,57-58H,3-20,22,24-53H2,1-2H3,(H,60,61)/b23-21-. The van der Waals surface area contributed by atoms with E-state index in [2.05, 4.69) is 26.0 Å². The van der Waals surface area contributed by atoms with E-state index in [1.54, 1.807) is 0 Å². The molecule has 0 aromatic heterocycles. The molecule has 10 heteroatoms. The van der Waals surface area contributed by atoms with Gasteiger partial charge in [0.05, 0.1) is 26.4 Å². The van der Waals surface area contributed by atoms with Crippen molar-refractivity contribution in [3.8, 4) is 0 Å². The van der Waals surface area contributed by atoms with Gasteiger partial charge in [-0.25, -0.2) is 4.57 Å². The van der Waals surface area contributed by atoms with Gasteiger partial charge in [0.2, 0.25) is 0 Å². The maximum atomic E-state index is 12.7. The van der Waals surface area contributed by atoms with Crippen molar-refractivity contribution in [1.29, 1.82) is 0 Å². The van der Waals surface area contributed by atoms with Crippen LogP contribution in [0.2, 0.25) is 0 Å². The van der Waals surface area contributed by atoms with Crippen molar-refractivity contribution >= 4 is 13.8 Å². The number of aliphatic hydroxyl groups is 2. The Balaban J connectivity index is 3.96. The summed E-state index contributed by atoms with van der Waals surface area (Å²) in [5.74, 6) is -0.373. The van der Waals surface area contributed by atoms with Crippen LogP contribution in [0.15, 0.2) is 12.2 Å². The molecule has 0 aliphatic heterocycles. The van der Waals surface area contributed by atoms with Crippen molar-refractivity contribution in [2.75, 3.05) is 33.0 Å². The van der Waals surface area contributed by atoms with Crippen LogP contribution in [-0.2, 0) is 27.9 Å². The summed E-state index contributed by atoms with van der Waals surface area (Å²) in [6, 6.07) is 0. The van der Waals surface area contributed by atoms with Crippen LogP contribution in [-0.4, -0.2) is 66.3 Å². The number of unbranched alkanes of at least 4 members (excludes halogenated alkanes) is 40. The molecule has 0 heterocycles. The molecule has 66 heavy (non-hydrogen) atoms. The fourth-order valence-corrected chi connectivity index (χ4v) is 9.38. The number of ether oxygens (including phenoxy) is 2. The number of allylic oxidation sites excluding steroid dienone is 2. The largest absolute Gasteiger partial charge is 0.472 e. The fourth-order valence-electron chi connectivity index (χ4n) is 8.59. The second-order valence-electron chi connectivity index (χ2n) is 19.7. The molecule has 3 N–H and O–H groups in total. The van der Waals surface area contributed by atoms with Gasteiger partial charge in [0.15, 0.2) is 0 Å². The molecule has 0 aliphatic carbocycles. The summed E-state index contributed by atoms with van der Waals surface area (Å²) in [6.45, 7) is 3.60. The van der Waals surface area contributed by atoms with Gasteiger partial charge in [0, 0.05) is 13.0 Å². The molecule has 0 amide bonds. The summed E-state index contributed by atoms with van der Waals surface area (Å²) in [6.07, 6.45) is 59.1. The van der Waals surface area contributed by atoms with E-state index in [1.165, 1.54) is 244 Å². The first kappa shape index (κ1) is 65.2. The molecular formula is C56H111O9P. The van der Waals surface area contributed by atoms with E-state index >= 15 is 0 Å². The van der Waals surface area contributed by atoms with Crippen LogP contribution in [0.5, 0.6) is 0 Å². The molecule has 0 aromatic carbocycles. The lowest BCUT2D eigenvalue weighted by Crippen LogP contribution is -2.29. The van der Waals surface area contributed by atoms with Gasteiger partial charge in [-0.3, -0.25) is 13.8 Å². The minimum Gasteiger partial charge on any atom is -0.457 e. The van der Waals surface area contributed by atoms with Gasteiger partial charge in [-0.2, -0.15) is 0 Å². The Labute approximate surface area is 409 Å². The summed E-state index contributed by atoms with van der Waals surface area (Å²) in [5, 5.41) is 18.5. The molecule has 3 atom stereocenters. The number of carbonyl (C=O) groups excluding carboxylic acids is 1. The summed E-state index contributed by atoms with van der Waals surface area (Å²) in [5.41, 5.74) is 0. The molecule has 0 spiro atoms. The zero-order chi connectivity index (χ0) is 48.1.